The van der Waals surface area contributed by atoms with E-state index in [0.717, 1.165) is 5.69 Å². The molecule has 0 fully saturated rings. The minimum Gasteiger partial charge on any atom is -0.392 e. The summed E-state index contributed by atoms with van der Waals surface area (Å²) >= 11 is 0. The van der Waals surface area contributed by atoms with Crippen LogP contribution in [0.1, 0.15) is 12.6 Å². The number of nitrogens with one attached hydrogen (secondary N) is 1. The number of likely N-dealkylation sites (N-methyl/N-ethyl adjacent to an activating group) is 1. The molecule has 1 rings (SSSR count). The highest BCUT2D eigenvalue weighted by atomic mass is 16.3. The van der Waals surface area contributed by atoms with E-state index >= 15 is 0 Å². The number of rotatable bonds is 4. The summed E-state index contributed by atoms with van der Waals surface area (Å²) in [5.41, 5.74) is 6.67. The molecule has 4 N–H and O–H groups in total. The third-order valence-electron chi connectivity index (χ3n) is 2.00. The molecule has 15 heavy (non-hydrogen) atoms. The number of nitrogens with zero attached hydrogens (tertiary/aromatic N) is 2. The van der Waals surface area contributed by atoms with Gasteiger partial charge in [0.25, 0.3) is 0 Å². The smallest absolute Gasteiger partial charge is 0.141 e. The summed E-state index contributed by atoms with van der Waals surface area (Å²) in [4.78, 5) is 5.85. The molecule has 1 atom stereocenters. The molecule has 82 valence electrons. The van der Waals surface area contributed by atoms with Gasteiger partial charge in [0.05, 0.1) is 6.10 Å². The van der Waals surface area contributed by atoms with Crippen molar-refractivity contribution in [2.75, 3.05) is 18.5 Å². The first-order valence-electron chi connectivity index (χ1n) is 4.70. The number of aliphatic hydroxyl groups excluding tert-OH is 1. The van der Waals surface area contributed by atoms with Gasteiger partial charge in [-0.15, -0.1) is 0 Å². The fourth-order valence-corrected chi connectivity index (χ4v) is 1.31. The first-order valence-corrected chi connectivity index (χ1v) is 4.70. The molecule has 0 bridgehead atoms. The molecule has 0 saturated carbocycles. The van der Waals surface area contributed by atoms with Crippen LogP contribution < -0.4 is 10.6 Å². The van der Waals surface area contributed by atoms with E-state index in [4.69, 9.17) is 11.1 Å². The molecule has 1 aromatic rings. The molecule has 1 unspecified atom stereocenters. The van der Waals surface area contributed by atoms with Crippen LogP contribution in [0.5, 0.6) is 0 Å². The Morgan fingerprint density at radius 2 is 2.40 bits per heavy atom. The third kappa shape index (κ3) is 3.21. The number of hydrogen-bond donors (Lipinski definition) is 3. The fraction of sp³-hybridized carbons (Fsp3) is 0.400. The molecule has 0 aliphatic heterocycles. The molecule has 0 aromatic carbocycles. The van der Waals surface area contributed by atoms with Crippen molar-refractivity contribution in [3.63, 3.8) is 0 Å². The largest absolute Gasteiger partial charge is 0.392 e. The van der Waals surface area contributed by atoms with Gasteiger partial charge >= 0.3 is 0 Å². The summed E-state index contributed by atoms with van der Waals surface area (Å²) < 4.78 is 0. The van der Waals surface area contributed by atoms with E-state index in [1.807, 2.05) is 18.0 Å². The van der Waals surface area contributed by atoms with Gasteiger partial charge in [0.15, 0.2) is 0 Å². The van der Waals surface area contributed by atoms with Crippen molar-refractivity contribution in [3.8, 4) is 0 Å². The number of amidine groups is 1. The van der Waals surface area contributed by atoms with Crippen molar-refractivity contribution in [1.29, 1.82) is 5.41 Å². The highest BCUT2D eigenvalue weighted by Crippen LogP contribution is 2.12. The lowest BCUT2D eigenvalue weighted by Crippen LogP contribution is -2.27. The van der Waals surface area contributed by atoms with Gasteiger partial charge in [0, 0.05) is 25.5 Å². The summed E-state index contributed by atoms with van der Waals surface area (Å²) in [6.45, 7) is 2.25. The van der Waals surface area contributed by atoms with Crippen LogP contribution in [0.4, 0.5) is 5.69 Å². The molecule has 0 spiro atoms. The molecule has 0 aliphatic carbocycles. The summed E-state index contributed by atoms with van der Waals surface area (Å²) in [5, 5.41) is 16.5. The second-order valence-electron chi connectivity index (χ2n) is 3.54. The third-order valence-corrected chi connectivity index (χ3v) is 2.00. The topological polar surface area (TPSA) is 86.2 Å². The van der Waals surface area contributed by atoms with E-state index in [9.17, 15) is 5.11 Å². The van der Waals surface area contributed by atoms with Gasteiger partial charge in [-0.25, -0.2) is 0 Å². The summed E-state index contributed by atoms with van der Waals surface area (Å²) in [7, 11) is 1.87. The zero-order valence-electron chi connectivity index (χ0n) is 8.94. The monoisotopic (exact) mass is 208 g/mol. The molecule has 1 heterocycles. The molecule has 0 amide bonds. The first kappa shape index (κ1) is 11.5. The lowest BCUT2D eigenvalue weighted by Gasteiger charge is -2.21. The Hall–Kier alpha value is -1.62. The standard InChI is InChI=1S/C10H16N4O/c1-7(15)6-14(2)8-3-4-13-9(5-8)10(11)12/h3-5,7,15H,6H2,1-2H3,(H3,11,12). The van der Waals surface area contributed by atoms with Gasteiger partial charge in [-0.2, -0.15) is 0 Å². The molecule has 5 heteroatoms. The van der Waals surface area contributed by atoms with Gasteiger partial charge < -0.3 is 15.7 Å². The van der Waals surface area contributed by atoms with Crippen molar-refractivity contribution >= 4 is 11.5 Å². The zero-order valence-corrected chi connectivity index (χ0v) is 8.94. The van der Waals surface area contributed by atoms with E-state index in [2.05, 4.69) is 4.98 Å². The van der Waals surface area contributed by atoms with Gasteiger partial charge in [0.2, 0.25) is 0 Å². The van der Waals surface area contributed by atoms with Gasteiger partial charge in [-0.05, 0) is 19.1 Å². The SMILES string of the molecule is CC(O)CN(C)c1ccnc(C(=N)N)c1. The molecule has 0 saturated heterocycles. The predicted molar refractivity (Wildman–Crippen MR) is 60.2 cm³/mol. The quantitative estimate of drug-likeness (QED) is 0.486. The molecule has 5 nitrogen and oxygen atoms in total. The van der Waals surface area contributed by atoms with Crippen LogP contribution in [-0.4, -0.2) is 35.6 Å². The summed E-state index contributed by atoms with van der Waals surface area (Å²) in [5.74, 6) is -0.0534. The van der Waals surface area contributed by atoms with Crippen LogP contribution in [0.25, 0.3) is 0 Å². The maximum atomic E-state index is 9.24. The maximum absolute atomic E-state index is 9.24. The van der Waals surface area contributed by atoms with E-state index < -0.39 is 6.10 Å². The van der Waals surface area contributed by atoms with Crippen LogP contribution in [0.15, 0.2) is 18.3 Å². The lowest BCUT2D eigenvalue weighted by atomic mass is 10.2. The van der Waals surface area contributed by atoms with Crippen LogP contribution in [0.3, 0.4) is 0 Å². The number of aliphatic hydroxyl groups is 1. The van der Waals surface area contributed by atoms with Crippen LogP contribution >= 0.6 is 0 Å². The number of pyridine rings is 1. The van der Waals surface area contributed by atoms with E-state index in [1.54, 1.807) is 19.2 Å². The second-order valence-corrected chi connectivity index (χ2v) is 3.54. The Labute approximate surface area is 89.1 Å². The Balaban J connectivity index is 2.85. The van der Waals surface area contributed by atoms with Gasteiger partial charge in [-0.1, -0.05) is 0 Å². The molecule has 0 aliphatic rings. The van der Waals surface area contributed by atoms with Gasteiger partial charge in [0.1, 0.15) is 11.5 Å². The van der Waals surface area contributed by atoms with Gasteiger partial charge in [-0.3, -0.25) is 10.4 Å². The van der Waals surface area contributed by atoms with E-state index in [1.165, 1.54) is 0 Å². The van der Waals surface area contributed by atoms with Crippen molar-refractivity contribution in [2.45, 2.75) is 13.0 Å². The number of aromatic nitrogens is 1. The predicted octanol–water partition coefficient (Wildman–Crippen LogP) is 0.183. The van der Waals surface area contributed by atoms with Crippen LogP contribution in [0, 0.1) is 5.41 Å². The average Bonchev–Trinajstić information content (AvgIpc) is 2.17. The number of hydrogen-bond acceptors (Lipinski definition) is 4. The van der Waals surface area contributed by atoms with Crippen LogP contribution in [0.2, 0.25) is 0 Å². The molecule has 0 radical (unpaired) electrons. The van der Waals surface area contributed by atoms with Crippen molar-refractivity contribution in [2.24, 2.45) is 5.73 Å². The van der Waals surface area contributed by atoms with Crippen molar-refractivity contribution < 1.29 is 5.11 Å². The Bertz CT molecular complexity index is 351. The van der Waals surface area contributed by atoms with Crippen LogP contribution in [-0.2, 0) is 0 Å². The van der Waals surface area contributed by atoms with Crippen molar-refractivity contribution in [3.05, 3.63) is 24.0 Å². The molecule has 1 aromatic heterocycles. The molecular weight excluding hydrogens is 192 g/mol. The lowest BCUT2D eigenvalue weighted by molar-refractivity contribution is 0.201. The number of nitrogens with two attached hydrogens (primary N) is 1. The minimum atomic E-state index is -0.399. The van der Waals surface area contributed by atoms with Crippen molar-refractivity contribution in [1.82, 2.24) is 4.98 Å². The highest BCUT2D eigenvalue weighted by Gasteiger charge is 2.06. The first-order chi connectivity index (χ1) is 7.00. The fourth-order valence-electron chi connectivity index (χ4n) is 1.31. The second kappa shape index (κ2) is 4.75. The summed E-state index contributed by atoms with van der Waals surface area (Å²) in [6.07, 6.45) is 1.20. The Morgan fingerprint density at radius 1 is 1.73 bits per heavy atom. The average molecular weight is 208 g/mol. The van der Waals surface area contributed by atoms with E-state index in [-0.39, 0.29) is 5.84 Å². The minimum absolute atomic E-state index is 0.0534. The maximum Gasteiger partial charge on any atom is 0.141 e. The Morgan fingerprint density at radius 3 is 2.93 bits per heavy atom. The number of anilines is 1. The summed E-state index contributed by atoms with van der Waals surface area (Å²) in [6, 6.07) is 3.54. The zero-order chi connectivity index (χ0) is 11.4. The molecular formula is C10H16N4O. The van der Waals surface area contributed by atoms with E-state index in [0.29, 0.717) is 12.2 Å². The normalized spacial score (nSPS) is 12.2. The highest BCUT2D eigenvalue weighted by molar-refractivity contribution is 5.93. The number of nitrogen functional groups attached to an aromatic ring is 1. The Kier molecular flexibility index (Phi) is 3.62.